The normalized spacial score (nSPS) is 19.6. The lowest BCUT2D eigenvalue weighted by molar-refractivity contribution is -0.117. The number of benzene rings is 1. The third-order valence-electron chi connectivity index (χ3n) is 3.51. The smallest absolute Gasteiger partial charge is 0.229 e. The standard InChI is InChI=1S/C15H15Cl2N3OS2/c1-2-3-22-15-20-19-14(23-15)18-13(21)12-7-11(12)8-4-9(16)6-10(17)5-8/h4-6,11-12H,2-3,7H2,1H3,(H,18,19,21)/t11-,12-/m0/s1. The summed E-state index contributed by atoms with van der Waals surface area (Å²) in [6.45, 7) is 2.12. The number of halogens is 2. The van der Waals surface area contributed by atoms with Gasteiger partial charge in [-0.05, 0) is 42.5 Å². The highest BCUT2D eigenvalue weighted by Gasteiger charge is 2.44. The fourth-order valence-corrected chi connectivity index (χ4v) is 4.57. The van der Waals surface area contributed by atoms with Gasteiger partial charge in [0.15, 0.2) is 4.34 Å². The number of carbonyl (C=O) groups is 1. The van der Waals surface area contributed by atoms with Crippen LogP contribution in [0.25, 0.3) is 0 Å². The number of carbonyl (C=O) groups excluding carboxylic acids is 1. The average Bonchev–Trinajstić information content (AvgIpc) is 3.19. The van der Waals surface area contributed by atoms with Crippen LogP contribution in [0.5, 0.6) is 0 Å². The van der Waals surface area contributed by atoms with Crippen molar-refractivity contribution in [2.75, 3.05) is 11.1 Å². The zero-order valence-corrected chi connectivity index (χ0v) is 15.5. The molecule has 1 aromatic carbocycles. The quantitative estimate of drug-likeness (QED) is 0.553. The molecule has 0 unspecified atom stereocenters. The molecule has 1 aromatic heterocycles. The monoisotopic (exact) mass is 387 g/mol. The Kier molecular flexibility index (Phi) is 5.46. The van der Waals surface area contributed by atoms with Gasteiger partial charge >= 0.3 is 0 Å². The Balaban J connectivity index is 1.58. The number of rotatable bonds is 6. The molecule has 0 spiro atoms. The molecule has 1 N–H and O–H groups in total. The van der Waals surface area contributed by atoms with Crippen molar-refractivity contribution < 1.29 is 4.79 Å². The SMILES string of the molecule is CCCSc1nnc(NC(=O)[C@H]2C[C@H]2c2cc(Cl)cc(Cl)c2)s1. The summed E-state index contributed by atoms with van der Waals surface area (Å²) in [7, 11) is 0. The lowest BCUT2D eigenvalue weighted by Gasteiger charge is -2.03. The van der Waals surface area contributed by atoms with Crippen LogP contribution in [0.3, 0.4) is 0 Å². The van der Waals surface area contributed by atoms with E-state index in [0.717, 1.165) is 28.5 Å². The van der Waals surface area contributed by atoms with Crippen molar-refractivity contribution in [2.24, 2.45) is 5.92 Å². The Morgan fingerprint density at radius 1 is 1.35 bits per heavy atom. The zero-order valence-electron chi connectivity index (χ0n) is 12.4. The maximum atomic E-state index is 12.3. The van der Waals surface area contributed by atoms with Crippen LogP contribution in [0.4, 0.5) is 5.13 Å². The molecular formula is C15H15Cl2N3OS2. The molecule has 1 aliphatic carbocycles. The van der Waals surface area contributed by atoms with Gasteiger partial charge in [-0.15, -0.1) is 10.2 Å². The Bertz CT molecular complexity index is 702. The molecule has 3 rings (SSSR count). The second-order valence-corrected chi connectivity index (χ2v) is 8.55. The van der Waals surface area contributed by atoms with E-state index in [4.69, 9.17) is 23.2 Å². The van der Waals surface area contributed by atoms with Gasteiger partial charge in [-0.1, -0.05) is 53.2 Å². The number of nitrogens with zero attached hydrogens (tertiary/aromatic N) is 2. The topological polar surface area (TPSA) is 54.9 Å². The molecule has 0 aliphatic heterocycles. The minimum Gasteiger partial charge on any atom is -0.300 e. The number of hydrogen-bond donors (Lipinski definition) is 1. The summed E-state index contributed by atoms with van der Waals surface area (Å²) in [6, 6.07) is 5.44. The van der Waals surface area contributed by atoms with E-state index in [1.54, 1.807) is 17.8 Å². The van der Waals surface area contributed by atoms with Crippen molar-refractivity contribution in [3.05, 3.63) is 33.8 Å². The van der Waals surface area contributed by atoms with Crippen molar-refractivity contribution in [3.8, 4) is 0 Å². The molecule has 122 valence electrons. The number of aromatic nitrogens is 2. The Morgan fingerprint density at radius 3 is 2.78 bits per heavy atom. The fourth-order valence-electron chi connectivity index (χ4n) is 2.35. The Hall–Kier alpha value is -0.820. The summed E-state index contributed by atoms with van der Waals surface area (Å²) < 4.78 is 0.885. The van der Waals surface area contributed by atoms with E-state index >= 15 is 0 Å². The summed E-state index contributed by atoms with van der Waals surface area (Å²) in [6.07, 6.45) is 1.89. The van der Waals surface area contributed by atoms with Crippen molar-refractivity contribution >= 4 is 57.3 Å². The number of hydrogen-bond acceptors (Lipinski definition) is 5. The van der Waals surface area contributed by atoms with Crippen molar-refractivity contribution in [2.45, 2.75) is 30.0 Å². The molecule has 2 atom stereocenters. The van der Waals surface area contributed by atoms with Crippen LogP contribution >= 0.6 is 46.3 Å². The highest BCUT2D eigenvalue weighted by atomic mass is 35.5. The van der Waals surface area contributed by atoms with E-state index < -0.39 is 0 Å². The highest BCUT2D eigenvalue weighted by molar-refractivity contribution is 8.01. The molecule has 1 heterocycles. The number of amides is 1. The molecule has 0 saturated heterocycles. The summed E-state index contributed by atoms with van der Waals surface area (Å²) in [5.74, 6) is 1.10. The van der Waals surface area contributed by atoms with Crippen LogP contribution in [-0.2, 0) is 4.79 Å². The van der Waals surface area contributed by atoms with Crippen LogP contribution in [0, 0.1) is 5.92 Å². The molecule has 1 fully saturated rings. The van der Waals surface area contributed by atoms with Gasteiger partial charge in [0, 0.05) is 21.7 Å². The predicted octanol–water partition coefficient (Wildman–Crippen LogP) is 5.09. The predicted molar refractivity (Wildman–Crippen MR) is 96.9 cm³/mol. The van der Waals surface area contributed by atoms with Crippen LogP contribution in [0.15, 0.2) is 22.5 Å². The van der Waals surface area contributed by atoms with Gasteiger partial charge in [0.05, 0.1) is 0 Å². The molecule has 2 aromatic rings. The van der Waals surface area contributed by atoms with Crippen LogP contribution < -0.4 is 5.32 Å². The highest BCUT2D eigenvalue weighted by Crippen LogP contribution is 2.49. The lowest BCUT2D eigenvalue weighted by atomic mass is 10.1. The maximum Gasteiger partial charge on any atom is 0.229 e. The van der Waals surface area contributed by atoms with Crippen LogP contribution in [-0.4, -0.2) is 21.9 Å². The molecule has 8 heteroatoms. The van der Waals surface area contributed by atoms with Gasteiger partial charge in [-0.25, -0.2) is 0 Å². The fraction of sp³-hybridized carbons (Fsp3) is 0.400. The van der Waals surface area contributed by atoms with Gasteiger partial charge in [-0.3, -0.25) is 4.79 Å². The van der Waals surface area contributed by atoms with Gasteiger partial charge in [0.25, 0.3) is 0 Å². The van der Waals surface area contributed by atoms with Gasteiger partial charge < -0.3 is 5.32 Å². The van der Waals surface area contributed by atoms with Crippen LogP contribution in [0.2, 0.25) is 10.0 Å². The van der Waals surface area contributed by atoms with Crippen LogP contribution in [0.1, 0.15) is 31.2 Å². The molecule has 0 radical (unpaired) electrons. The summed E-state index contributed by atoms with van der Waals surface area (Å²) >= 11 is 15.1. The van der Waals surface area contributed by atoms with E-state index in [0.29, 0.717) is 15.2 Å². The molecule has 1 aliphatic rings. The van der Waals surface area contributed by atoms with Crippen molar-refractivity contribution in [1.29, 1.82) is 0 Å². The van der Waals surface area contributed by atoms with Crippen molar-refractivity contribution in [3.63, 3.8) is 0 Å². The maximum absolute atomic E-state index is 12.3. The van der Waals surface area contributed by atoms with E-state index in [1.165, 1.54) is 11.3 Å². The van der Waals surface area contributed by atoms with Crippen molar-refractivity contribution in [1.82, 2.24) is 10.2 Å². The minimum atomic E-state index is -0.0554. The average molecular weight is 388 g/mol. The number of anilines is 1. The first-order chi connectivity index (χ1) is 11.1. The van der Waals surface area contributed by atoms with Gasteiger partial charge in [-0.2, -0.15) is 0 Å². The third kappa shape index (κ3) is 4.38. The van der Waals surface area contributed by atoms with Gasteiger partial charge in [0.2, 0.25) is 11.0 Å². The summed E-state index contributed by atoms with van der Waals surface area (Å²) in [4.78, 5) is 12.3. The van der Waals surface area contributed by atoms with E-state index in [1.807, 2.05) is 12.1 Å². The van der Waals surface area contributed by atoms with E-state index in [9.17, 15) is 4.79 Å². The Morgan fingerprint density at radius 2 is 2.09 bits per heavy atom. The summed E-state index contributed by atoms with van der Waals surface area (Å²) in [5.41, 5.74) is 1.01. The molecule has 1 saturated carbocycles. The molecule has 4 nitrogen and oxygen atoms in total. The largest absolute Gasteiger partial charge is 0.300 e. The molecule has 1 amide bonds. The zero-order chi connectivity index (χ0) is 16.4. The number of nitrogens with one attached hydrogen (secondary N) is 1. The van der Waals surface area contributed by atoms with E-state index in [-0.39, 0.29) is 17.7 Å². The second kappa shape index (κ2) is 7.38. The molecule has 0 bridgehead atoms. The first kappa shape index (κ1) is 17.0. The Labute approximate surface area is 153 Å². The third-order valence-corrected chi connectivity index (χ3v) is 6.12. The lowest BCUT2D eigenvalue weighted by Crippen LogP contribution is -2.14. The molecular weight excluding hydrogens is 373 g/mol. The first-order valence-electron chi connectivity index (χ1n) is 7.30. The first-order valence-corrected chi connectivity index (χ1v) is 9.85. The van der Waals surface area contributed by atoms with E-state index in [2.05, 4.69) is 22.4 Å². The van der Waals surface area contributed by atoms with Gasteiger partial charge in [0.1, 0.15) is 0 Å². The second-order valence-electron chi connectivity index (χ2n) is 5.36. The number of thioether (sulfide) groups is 1. The summed E-state index contributed by atoms with van der Waals surface area (Å²) in [5, 5.41) is 12.7. The molecule has 23 heavy (non-hydrogen) atoms. The minimum absolute atomic E-state index is 0.0192.